The van der Waals surface area contributed by atoms with Gasteiger partial charge in [0.2, 0.25) is 8.32 Å². The first kappa shape index (κ1) is 22.9. The van der Waals surface area contributed by atoms with Gasteiger partial charge in [-0.2, -0.15) is 0 Å². The minimum Gasteiger partial charge on any atom is -0.547 e. The van der Waals surface area contributed by atoms with Crippen molar-refractivity contribution in [1.29, 1.82) is 0 Å². The number of aldehydes is 1. The van der Waals surface area contributed by atoms with Crippen molar-refractivity contribution >= 4 is 22.9 Å². The lowest BCUT2D eigenvalue weighted by atomic mass is 9.78. The van der Waals surface area contributed by atoms with Gasteiger partial charge in [-0.3, -0.25) is 0 Å². The predicted octanol–water partition coefficient (Wildman–Crippen LogP) is 6.39. The molecular formula is C22H42O3Si2. The Labute approximate surface area is 169 Å². The highest BCUT2D eigenvalue weighted by atomic mass is 28.4. The molecule has 0 amide bonds. The molecule has 4 atom stereocenters. The molecule has 0 saturated heterocycles. The van der Waals surface area contributed by atoms with Crippen molar-refractivity contribution in [3.05, 3.63) is 11.8 Å². The van der Waals surface area contributed by atoms with Crippen LogP contribution in [0.3, 0.4) is 0 Å². The molecule has 1 fully saturated rings. The van der Waals surface area contributed by atoms with Crippen molar-refractivity contribution in [2.45, 2.75) is 91.2 Å². The van der Waals surface area contributed by atoms with Gasteiger partial charge in [0.15, 0.2) is 8.32 Å². The Kier molecular flexibility index (Phi) is 5.80. The molecule has 2 aliphatic rings. The van der Waals surface area contributed by atoms with E-state index >= 15 is 0 Å². The minimum atomic E-state index is -1.87. The van der Waals surface area contributed by atoms with Crippen LogP contribution in [0.1, 0.15) is 54.9 Å². The van der Waals surface area contributed by atoms with E-state index in [1.54, 1.807) is 0 Å². The molecule has 0 radical (unpaired) electrons. The molecule has 3 nitrogen and oxygen atoms in total. The molecule has 2 rings (SSSR count). The van der Waals surface area contributed by atoms with Gasteiger partial charge in [0.05, 0.1) is 5.76 Å². The lowest BCUT2D eigenvalue weighted by Crippen LogP contribution is -2.43. The molecule has 156 valence electrons. The first-order valence-corrected chi connectivity index (χ1v) is 16.3. The lowest BCUT2D eigenvalue weighted by molar-refractivity contribution is -0.116. The number of carbonyl (C=O) groups excluding carboxylic acids is 1. The highest BCUT2D eigenvalue weighted by Crippen LogP contribution is 2.59. The molecule has 1 saturated carbocycles. The molecule has 0 unspecified atom stereocenters. The van der Waals surface area contributed by atoms with Gasteiger partial charge >= 0.3 is 0 Å². The average molecular weight is 411 g/mol. The third-order valence-corrected chi connectivity index (χ3v) is 16.9. The number of fused-ring (bicyclic) bond motifs is 2. The van der Waals surface area contributed by atoms with Gasteiger partial charge in [-0.15, -0.1) is 0 Å². The van der Waals surface area contributed by atoms with E-state index in [9.17, 15) is 4.79 Å². The fraction of sp³-hybridized carbons (Fsp3) is 0.864. The second-order valence-corrected chi connectivity index (χ2v) is 21.7. The summed E-state index contributed by atoms with van der Waals surface area (Å²) in [6.07, 6.45) is 4.35. The standard InChI is InChI=1S/C22H42O3Si2/c1-20(2,3)26(8,9)24-14-17-16-13-22(7,15-23)18(17)12-19(16)25-27(10,11)21(4,5)6/h12,15-18H,13-14H2,1-11H3/t16-,17-,18-,22+/m0/s1. The Hall–Kier alpha value is -0.396. The molecule has 27 heavy (non-hydrogen) atoms. The summed E-state index contributed by atoms with van der Waals surface area (Å²) >= 11 is 0. The van der Waals surface area contributed by atoms with Crippen molar-refractivity contribution < 1.29 is 13.6 Å². The van der Waals surface area contributed by atoms with E-state index in [2.05, 4.69) is 80.7 Å². The molecule has 0 aromatic heterocycles. The van der Waals surface area contributed by atoms with E-state index in [1.807, 2.05) is 0 Å². The largest absolute Gasteiger partial charge is 0.547 e. The van der Waals surface area contributed by atoms with E-state index in [1.165, 1.54) is 6.29 Å². The molecule has 0 spiro atoms. The third-order valence-electron chi connectivity index (χ3n) is 8.00. The molecule has 0 aliphatic heterocycles. The molecule has 0 aromatic carbocycles. The smallest absolute Gasteiger partial charge is 0.250 e. The Morgan fingerprint density at radius 3 is 2.04 bits per heavy atom. The van der Waals surface area contributed by atoms with Gasteiger partial charge in [-0.05, 0) is 60.6 Å². The Bertz CT molecular complexity index is 610. The summed E-state index contributed by atoms with van der Waals surface area (Å²) in [7, 11) is -3.67. The van der Waals surface area contributed by atoms with Crippen LogP contribution in [-0.4, -0.2) is 29.5 Å². The van der Waals surface area contributed by atoms with Crippen LogP contribution in [0.5, 0.6) is 0 Å². The summed E-state index contributed by atoms with van der Waals surface area (Å²) in [5.74, 6) is 2.08. The second kappa shape index (κ2) is 6.84. The zero-order valence-electron chi connectivity index (χ0n) is 19.5. The molecular weight excluding hydrogens is 368 g/mol. The zero-order chi connectivity index (χ0) is 21.1. The number of hydrogen-bond donors (Lipinski definition) is 0. The topological polar surface area (TPSA) is 35.5 Å². The lowest BCUT2D eigenvalue weighted by Gasteiger charge is -2.39. The van der Waals surface area contributed by atoms with Gasteiger partial charge in [0.25, 0.3) is 0 Å². The van der Waals surface area contributed by atoms with Gasteiger partial charge < -0.3 is 13.6 Å². The van der Waals surface area contributed by atoms with E-state index in [0.717, 1.165) is 18.8 Å². The minimum absolute atomic E-state index is 0.177. The first-order chi connectivity index (χ1) is 12.0. The molecule has 0 heterocycles. The Balaban J connectivity index is 2.21. The van der Waals surface area contributed by atoms with Gasteiger partial charge in [0.1, 0.15) is 6.29 Å². The van der Waals surface area contributed by atoms with Crippen LogP contribution in [0.4, 0.5) is 0 Å². The summed E-state index contributed by atoms with van der Waals surface area (Å²) in [4.78, 5) is 11.9. The maximum absolute atomic E-state index is 11.9. The Morgan fingerprint density at radius 2 is 1.59 bits per heavy atom. The van der Waals surface area contributed by atoms with Crippen molar-refractivity contribution in [3.8, 4) is 0 Å². The maximum atomic E-state index is 11.9. The van der Waals surface area contributed by atoms with Gasteiger partial charge in [-0.1, -0.05) is 48.5 Å². The third kappa shape index (κ3) is 4.15. The first-order valence-electron chi connectivity index (χ1n) is 10.5. The van der Waals surface area contributed by atoms with Crippen LogP contribution in [0, 0.1) is 23.2 Å². The summed E-state index contributed by atoms with van der Waals surface area (Å²) in [5, 5.41) is 0.378. The predicted molar refractivity (Wildman–Crippen MR) is 119 cm³/mol. The van der Waals surface area contributed by atoms with Crippen LogP contribution in [-0.2, 0) is 13.6 Å². The highest BCUT2D eigenvalue weighted by Gasteiger charge is 2.57. The molecule has 2 aliphatic carbocycles. The monoisotopic (exact) mass is 410 g/mol. The fourth-order valence-corrected chi connectivity index (χ4v) is 6.01. The molecule has 5 heteroatoms. The summed E-state index contributed by atoms with van der Waals surface area (Å²) in [6, 6.07) is 0. The highest BCUT2D eigenvalue weighted by molar-refractivity contribution is 6.74. The second-order valence-electron chi connectivity index (χ2n) is 12.1. The van der Waals surface area contributed by atoms with Crippen molar-refractivity contribution in [2.75, 3.05) is 6.61 Å². The number of carbonyl (C=O) groups is 1. The van der Waals surface area contributed by atoms with Crippen LogP contribution in [0.15, 0.2) is 11.8 Å². The van der Waals surface area contributed by atoms with Crippen LogP contribution >= 0.6 is 0 Å². The van der Waals surface area contributed by atoms with Crippen molar-refractivity contribution in [2.24, 2.45) is 23.2 Å². The van der Waals surface area contributed by atoms with Gasteiger partial charge in [-0.25, -0.2) is 0 Å². The molecule has 2 bridgehead atoms. The number of hydrogen-bond acceptors (Lipinski definition) is 3. The number of allylic oxidation sites excluding steroid dienone is 2. The van der Waals surface area contributed by atoms with E-state index in [0.29, 0.717) is 11.8 Å². The van der Waals surface area contributed by atoms with Crippen LogP contribution in [0.2, 0.25) is 36.3 Å². The van der Waals surface area contributed by atoms with Gasteiger partial charge in [0, 0.05) is 17.9 Å². The van der Waals surface area contributed by atoms with E-state index in [-0.39, 0.29) is 21.4 Å². The summed E-state index contributed by atoms with van der Waals surface area (Å²) in [6.45, 7) is 25.8. The normalized spacial score (nSPS) is 31.8. The summed E-state index contributed by atoms with van der Waals surface area (Å²) in [5.41, 5.74) is -0.271. The zero-order valence-corrected chi connectivity index (χ0v) is 21.5. The van der Waals surface area contributed by atoms with Crippen molar-refractivity contribution in [1.82, 2.24) is 0 Å². The van der Waals surface area contributed by atoms with E-state index < -0.39 is 16.6 Å². The van der Waals surface area contributed by atoms with E-state index in [4.69, 9.17) is 8.85 Å². The van der Waals surface area contributed by atoms with Crippen LogP contribution in [0.25, 0.3) is 0 Å². The molecule has 0 aromatic rings. The van der Waals surface area contributed by atoms with Crippen molar-refractivity contribution in [3.63, 3.8) is 0 Å². The molecule has 0 N–H and O–H groups in total. The maximum Gasteiger partial charge on any atom is 0.250 e. The quantitative estimate of drug-likeness (QED) is 0.376. The SMILES string of the molecule is CC(C)(C)[Si](C)(C)OC[C@H]1[C@@H]2C[C@](C)(C=O)[C@H]1C=C2O[Si](C)(C)C(C)(C)C. The average Bonchev–Trinajstić information content (AvgIpc) is 2.94. The fourth-order valence-electron chi connectivity index (χ4n) is 3.85. The summed E-state index contributed by atoms with van der Waals surface area (Å²) < 4.78 is 13.3. The Morgan fingerprint density at radius 1 is 1.07 bits per heavy atom. The number of rotatable bonds is 6. The van der Waals surface area contributed by atoms with Crippen LogP contribution < -0.4 is 0 Å².